The molecule has 0 aliphatic rings. The first kappa shape index (κ1) is 15.1. The Balaban J connectivity index is 2.51. The standard InChI is InChI=1S/C16H20N2O3/c1-3-11(19)10-21-16-12(4-2)13(9-15(17)20)14-7-5-6-8-18(14)16/h5-8H,3-4,9-10H2,1-2H3,(H2,17,20). The molecule has 2 aromatic heterocycles. The molecular formula is C16H20N2O3. The first-order valence-electron chi connectivity index (χ1n) is 7.12. The zero-order valence-electron chi connectivity index (χ0n) is 12.4. The van der Waals surface area contributed by atoms with E-state index in [1.807, 2.05) is 35.7 Å². The number of hydrogen-bond donors (Lipinski definition) is 1. The molecule has 0 saturated carbocycles. The maximum atomic E-state index is 11.5. The highest BCUT2D eigenvalue weighted by Crippen LogP contribution is 2.31. The van der Waals surface area contributed by atoms with Gasteiger partial charge in [0.05, 0.1) is 11.9 Å². The van der Waals surface area contributed by atoms with E-state index >= 15 is 0 Å². The van der Waals surface area contributed by atoms with Crippen LogP contribution in [0.2, 0.25) is 0 Å². The Kier molecular flexibility index (Phi) is 4.62. The van der Waals surface area contributed by atoms with Crippen LogP contribution in [-0.4, -0.2) is 22.7 Å². The van der Waals surface area contributed by atoms with Gasteiger partial charge in [0.2, 0.25) is 11.8 Å². The molecule has 0 saturated heterocycles. The average Bonchev–Trinajstić information content (AvgIpc) is 2.77. The second-order valence-corrected chi connectivity index (χ2v) is 4.90. The van der Waals surface area contributed by atoms with Crippen molar-refractivity contribution in [3.63, 3.8) is 0 Å². The van der Waals surface area contributed by atoms with Crippen LogP contribution in [0, 0.1) is 0 Å². The molecule has 0 bridgehead atoms. The Morgan fingerprint density at radius 2 is 2.00 bits per heavy atom. The molecule has 2 heterocycles. The second-order valence-electron chi connectivity index (χ2n) is 4.90. The molecule has 0 aromatic carbocycles. The highest BCUT2D eigenvalue weighted by molar-refractivity contribution is 5.82. The first-order valence-corrected chi connectivity index (χ1v) is 7.12. The number of hydrogen-bond acceptors (Lipinski definition) is 3. The normalized spacial score (nSPS) is 10.8. The van der Waals surface area contributed by atoms with E-state index in [0.717, 1.165) is 16.6 Å². The van der Waals surface area contributed by atoms with Crippen LogP contribution in [0.1, 0.15) is 31.4 Å². The number of aromatic nitrogens is 1. The van der Waals surface area contributed by atoms with Crippen molar-refractivity contribution in [2.24, 2.45) is 5.73 Å². The lowest BCUT2D eigenvalue weighted by Crippen LogP contribution is -2.14. The summed E-state index contributed by atoms with van der Waals surface area (Å²) in [5.74, 6) is 0.294. The topological polar surface area (TPSA) is 73.8 Å². The summed E-state index contributed by atoms with van der Waals surface area (Å²) in [5, 5.41) is 0. The molecule has 0 radical (unpaired) electrons. The largest absolute Gasteiger partial charge is 0.470 e. The number of ketones is 1. The summed E-state index contributed by atoms with van der Waals surface area (Å²) < 4.78 is 7.59. The first-order chi connectivity index (χ1) is 10.1. The number of Topliss-reactive ketones (excluding diaryl/α,β-unsaturated/α-hetero) is 1. The number of carbonyl (C=O) groups is 2. The zero-order valence-corrected chi connectivity index (χ0v) is 12.4. The number of ether oxygens (including phenoxy) is 1. The lowest BCUT2D eigenvalue weighted by Gasteiger charge is -2.07. The van der Waals surface area contributed by atoms with Gasteiger partial charge in [-0.2, -0.15) is 0 Å². The van der Waals surface area contributed by atoms with Crippen molar-refractivity contribution in [3.8, 4) is 5.88 Å². The molecule has 0 spiro atoms. The van der Waals surface area contributed by atoms with Crippen LogP contribution in [0.15, 0.2) is 24.4 Å². The highest BCUT2D eigenvalue weighted by atomic mass is 16.5. The molecule has 2 aromatic rings. The van der Waals surface area contributed by atoms with E-state index < -0.39 is 0 Å². The number of nitrogens with two attached hydrogens (primary N) is 1. The summed E-state index contributed by atoms with van der Waals surface area (Å²) in [5.41, 5.74) is 8.06. The summed E-state index contributed by atoms with van der Waals surface area (Å²) in [6.45, 7) is 3.84. The Morgan fingerprint density at radius 3 is 2.62 bits per heavy atom. The van der Waals surface area contributed by atoms with Gasteiger partial charge < -0.3 is 10.5 Å². The van der Waals surface area contributed by atoms with E-state index in [2.05, 4.69) is 0 Å². The SMILES string of the molecule is CCC(=O)COc1c(CC)c(CC(N)=O)c2ccccn12. The Morgan fingerprint density at radius 1 is 1.24 bits per heavy atom. The molecule has 1 amide bonds. The molecule has 0 unspecified atom stereocenters. The molecular weight excluding hydrogens is 268 g/mol. The smallest absolute Gasteiger partial charge is 0.221 e. The van der Waals surface area contributed by atoms with Crippen LogP contribution < -0.4 is 10.5 Å². The van der Waals surface area contributed by atoms with Crippen LogP contribution in [0.4, 0.5) is 0 Å². The van der Waals surface area contributed by atoms with E-state index in [0.29, 0.717) is 18.7 Å². The number of amides is 1. The Bertz CT molecular complexity index is 673. The quantitative estimate of drug-likeness (QED) is 0.845. The monoisotopic (exact) mass is 288 g/mol. The number of fused-ring (bicyclic) bond motifs is 1. The van der Waals surface area contributed by atoms with Gasteiger partial charge in [0, 0.05) is 18.2 Å². The molecule has 0 fully saturated rings. The van der Waals surface area contributed by atoms with E-state index in [1.165, 1.54) is 0 Å². The minimum atomic E-state index is -0.378. The third-order valence-corrected chi connectivity index (χ3v) is 3.48. The minimum absolute atomic E-state index is 0.0411. The van der Waals surface area contributed by atoms with E-state index in [-0.39, 0.29) is 24.7 Å². The number of pyridine rings is 1. The van der Waals surface area contributed by atoms with Crippen molar-refractivity contribution in [1.82, 2.24) is 4.40 Å². The van der Waals surface area contributed by atoms with E-state index in [1.54, 1.807) is 6.92 Å². The van der Waals surface area contributed by atoms with Gasteiger partial charge in [0.1, 0.15) is 6.61 Å². The van der Waals surface area contributed by atoms with E-state index in [9.17, 15) is 9.59 Å². The number of carbonyl (C=O) groups excluding carboxylic acids is 2. The lowest BCUT2D eigenvalue weighted by atomic mass is 10.1. The molecule has 21 heavy (non-hydrogen) atoms. The molecule has 0 aliphatic heterocycles. The number of primary amides is 1. The van der Waals surface area contributed by atoms with Gasteiger partial charge in [-0.1, -0.05) is 19.9 Å². The number of rotatable bonds is 7. The third kappa shape index (κ3) is 3.07. The van der Waals surface area contributed by atoms with Gasteiger partial charge in [-0.25, -0.2) is 0 Å². The van der Waals surface area contributed by atoms with Crippen molar-refractivity contribution in [3.05, 3.63) is 35.5 Å². The average molecular weight is 288 g/mol. The van der Waals surface area contributed by atoms with Crippen molar-refractivity contribution in [1.29, 1.82) is 0 Å². The van der Waals surface area contributed by atoms with Gasteiger partial charge in [-0.3, -0.25) is 14.0 Å². The van der Waals surface area contributed by atoms with Gasteiger partial charge in [0.15, 0.2) is 5.78 Å². The lowest BCUT2D eigenvalue weighted by molar-refractivity contribution is -0.121. The molecule has 5 heteroatoms. The summed E-state index contributed by atoms with van der Waals surface area (Å²) in [7, 11) is 0. The predicted molar refractivity (Wildman–Crippen MR) is 80.5 cm³/mol. The molecule has 2 rings (SSSR count). The maximum absolute atomic E-state index is 11.5. The predicted octanol–water partition coefficient (Wildman–Crippen LogP) is 1.89. The van der Waals surface area contributed by atoms with Crippen LogP contribution in [0.3, 0.4) is 0 Å². The molecule has 2 N–H and O–H groups in total. The Labute approximate surface area is 123 Å². The fraction of sp³-hybridized carbons (Fsp3) is 0.375. The molecule has 5 nitrogen and oxygen atoms in total. The van der Waals surface area contributed by atoms with Crippen LogP contribution >= 0.6 is 0 Å². The summed E-state index contributed by atoms with van der Waals surface area (Å²) in [6, 6.07) is 5.71. The van der Waals surface area contributed by atoms with Gasteiger partial charge in [0.25, 0.3) is 0 Å². The second kappa shape index (κ2) is 6.43. The van der Waals surface area contributed by atoms with E-state index in [4.69, 9.17) is 10.5 Å². The number of nitrogens with zero attached hydrogens (tertiary/aromatic N) is 1. The molecule has 0 aliphatic carbocycles. The van der Waals surface area contributed by atoms with Crippen molar-refractivity contribution >= 4 is 17.2 Å². The highest BCUT2D eigenvalue weighted by Gasteiger charge is 2.19. The van der Waals surface area contributed by atoms with Gasteiger partial charge in [-0.05, 0) is 24.1 Å². The van der Waals surface area contributed by atoms with Crippen molar-refractivity contribution in [2.75, 3.05) is 6.61 Å². The van der Waals surface area contributed by atoms with Crippen molar-refractivity contribution in [2.45, 2.75) is 33.1 Å². The molecule has 112 valence electrons. The fourth-order valence-electron chi connectivity index (χ4n) is 2.44. The van der Waals surface area contributed by atoms with Gasteiger partial charge >= 0.3 is 0 Å². The summed E-state index contributed by atoms with van der Waals surface area (Å²) in [4.78, 5) is 22.8. The van der Waals surface area contributed by atoms with Crippen LogP contribution in [0.5, 0.6) is 5.88 Å². The fourth-order valence-corrected chi connectivity index (χ4v) is 2.44. The summed E-state index contributed by atoms with van der Waals surface area (Å²) >= 11 is 0. The maximum Gasteiger partial charge on any atom is 0.221 e. The minimum Gasteiger partial charge on any atom is -0.470 e. The Hall–Kier alpha value is -2.30. The third-order valence-electron chi connectivity index (χ3n) is 3.48. The summed E-state index contributed by atoms with van der Waals surface area (Å²) in [6.07, 6.45) is 3.19. The zero-order chi connectivity index (χ0) is 15.4. The van der Waals surface area contributed by atoms with Gasteiger partial charge in [-0.15, -0.1) is 0 Å². The van der Waals surface area contributed by atoms with Crippen LogP contribution in [-0.2, 0) is 22.4 Å². The molecule has 0 atom stereocenters. The van der Waals surface area contributed by atoms with Crippen molar-refractivity contribution < 1.29 is 14.3 Å². The van der Waals surface area contributed by atoms with Crippen LogP contribution in [0.25, 0.3) is 5.52 Å².